The van der Waals surface area contributed by atoms with Crippen molar-refractivity contribution < 1.29 is 0 Å². The van der Waals surface area contributed by atoms with Crippen LogP contribution in [0.5, 0.6) is 0 Å². The highest BCUT2D eigenvalue weighted by Crippen LogP contribution is 2.33. The first-order chi connectivity index (χ1) is 7.36. The Hall–Kier alpha value is -0.870. The van der Waals surface area contributed by atoms with E-state index >= 15 is 0 Å². The van der Waals surface area contributed by atoms with Crippen LogP contribution in [0.15, 0.2) is 17.8 Å². The lowest BCUT2D eigenvalue weighted by molar-refractivity contribution is 0.617. The molecule has 4 heteroatoms. The zero-order valence-electron chi connectivity index (χ0n) is 8.81. The molecule has 15 heavy (non-hydrogen) atoms. The molecule has 0 aliphatic heterocycles. The van der Waals surface area contributed by atoms with Crippen LogP contribution in [0.1, 0.15) is 25.5 Å². The zero-order valence-corrected chi connectivity index (χ0v) is 9.63. The maximum absolute atomic E-state index is 4.54. The summed E-state index contributed by atoms with van der Waals surface area (Å²) in [4.78, 5) is 5.63. The Kier molecular flexibility index (Phi) is 2.25. The van der Waals surface area contributed by atoms with E-state index in [1.807, 2.05) is 0 Å². The Balaban J connectivity index is 1.61. The van der Waals surface area contributed by atoms with Crippen LogP contribution in [-0.2, 0) is 6.54 Å². The molecule has 1 N–H and O–H groups in total. The first kappa shape index (κ1) is 9.36. The SMILES string of the molecule is CCC1CC1NCc1cn2ccsc2n1. The Morgan fingerprint density at radius 2 is 2.60 bits per heavy atom. The van der Waals surface area contributed by atoms with E-state index in [0.717, 1.165) is 29.2 Å². The second-order valence-corrected chi connectivity index (χ2v) is 5.09. The smallest absolute Gasteiger partial charge is 0.193 e. The fourth-order valence-electron chi connectivity index (χ4n) is 2.05. The predicted octanol–water partition coefficient (Wildman–Crippen LogP) is 2.28. The summed E-state index contributed by atoms with van der Waals surface area (Å²) in [7, 11) is 0. The third-order valence-electron chi connectivity index (χ3n) is 3.14. The summed E-state index contributed by atoms with van der Waals surface area (Å²) in [6, 6.07) is 0.745. The van der Waals surface area contributed by atoms with Gasteiger partial charge in [0.15, 0.2) is 4.96 Å². The molecular formula is C11H15N3S. The molecule has 1 fully saturated rings. The average molecular weight is 221 g/mol. The maximum Gasteiger partial charge on any atom is 0.193 e. The van der Waals surface area contributed by atoms with Crippen LogP contribution in [-0.4, -0.2) is 15.4 Å². The van der Waals surface area contributed by atoms with Gasteiger partial charge in [0, 0.05) is 30.4 Å². The minimum Gasteiger partial charge on any atom is -0.308 e. The van der Waals surface area contributed by atoms with Gasteiger partial charge < -0.3 is 5.32 Å². The number of thiazole rings is 1. The number of imidazole rings is 1. The van der Waals surface area contributed by atoms with Crippen molar-refractivity contribution >= 4 is 16.3 Å². The molecule has 2 atom stereocenters. The van der Waals surface area contributed by atoms with Gasteiger partial charge in [-0.05, 0) is 12.3 Å². The van der Waals surface area contributed by atoms with Gasteiger partial charge in [0.25, 0.3) is 0 Å². The molecule has 3 nitrogen and oxygen atoms in total. The largest absolute Gasteiger partial charge is 0.308 e. The van der Waals surface area contributed by atoms with Crippen LogP contribution in [0.25, 0.3) is 4.96 Å². The van der Waals surface area contributed by atoms with E-state index in [0.29, 0.717) is 0 Å². The molecule has 2 aromatic heterocycles. The summed E-state index contributed by atoms with van der Waals surface area (Å²) in [5, 5.41) is 5.62. The first-order valence-electron chi connectivity index (χ1n) is 5.51. The van der Waals surface area contributed by atoms with E-state index in [2.05, 4.69) is 39.4 Å². The Morgan fingerprint density at radius 3 is 3.33 bits per heavy atom. The van der Waals surface area contributed by atoms with Crippen molar-refractivity contribution in [2.24, 2.45) is 5.92 Å². The van der Waals surface area contributed by atoms with Gasteiger partial charge in [-0.1, -0.05) is 13.3 Å². The normalized spacial score (nSPS) is 24.9. The molecule has 1 saturated carbocycles. The van der Waals surface area contributed by atoms with Crippen molar-refractivity contribution in [2.75, 3.05) is 0 Å². The van der Waals surface area contributed by atoms with Crippen molar-refractivity contribution in [2.45, 2.75) is 32.4 Å². The minimum atomic E-state index is 0.745. The number of aromatic nitrogens is 2. The molecule has 2 aromatic rings. The van der Waals surface area contributed by atoms with Crippen molar-refractivity contribution in [1.82, 2.24) is 14.7 Å². The summed E-state index contributed by atoms with van der Waals surface area (Å²) >= 11 is 1.69. The Labute approximate surface area is 93.1 Å². The van der Waals surface area contributed by atoms with Crippen LogP contribution in [0, 0.1) is 5.92 Å². The van der Waals surface area contributed by atoms with E-state index in [4.69, 9.17) is 0 Å². The Morgan fingerprint density at radius 1 is 1.67 bits per heavy atom. The standard InChI is InChI=1S/C11H15N3S/c1-2-8-5-10(8)12-6-9-7-14-3-4-15-11(14)13-9/h3-4,7-8,10,12H,2,5-6H2,1H3. The first-order valence-corrected chi connectivity index (χ1v) is 6.39. The molecule has 0 spiro atoms. The van der Waals surface area contributed by atoms with Gasteiger partial charge in [-0.25, -0.2) is 4.98 Å². The molecule has 0 radical (unpaired) electrons. The molecular weight excluding hydrogens is 206 g/mol. The zero-order chi connectivity index (χ0) is 10.3. The number of hydrogen-bond acceptors (Lipinski definition) is 3. The monoisotopic (exact) mass is 221 g/mol. The summed E-state index contributed by atoms with van der Waals surface area (Å²) in [6.45, 7) is 3.18. The lowest BCUT2D eigenvalue weighted by Gasteiger charge is -1.99. The minimum absolute atomic E-state index is 0.745. The average Bonchev–Trinajstić information content (AvgIpc) is 2.67. The van der Waals surface area contributed by atoms with Crippen LogP contribution in [0.2, 0.25) is 0 Å². The third-order valence-corrected chi connectivity index (χ3v) is 3.91. The summed E-state index contributed by atoms with van der Waals surface area (Å²) < 4.78 is 2.09. The van der Waals surface area contributed by atoms with Gasteiger partial charge in [0.1, 0.15) is 0 Å². The third kappa shape index (κ3) is 1.79. The summed E-state index contributed by atoms with van der Waals surface area (Å²) in [6.07, 6.45) is 6.82. The van der Waals surface area contributed by atoms with Gasteiger partial charge in [-0.3, -0.25) is 4.40 Å². The number of rotatable bonds is 4. The molecule has 0 amide bonds. The lowest BCUT2D eigenvalue weighted by atomic mass is 10.3. The van der Waals surface area contributed by atoms with Gasteiger partial charge >= 0.3 is 0 Å². The molecule has 0 bridgehead atoms. The van der Waals surface area contributed by atoms with E-state index in [9.17, 15) is 0 Å². The predicted molar refractivity (Wildman–Crippen MR) is 62.1 cm³/mol. The molecule has 0 saturated heterocycles. The van der Waals surface area contributed by atoms with Crippen LogP contribution in [0.3, 0.4) is 0 Å². The van der Waals surface area contributed by atoms with Crippen LogP contribution >= 0.6 is 11.3 Å². The van der Waals surface area contributed by atoms with Crippen LogP contribution < -0.4 is 5.32 Å². The fraction of sp³-hybridized carbons (Fsp3) is 0.545. The van der Waals surface area contributed by atoms with Gasteiger partial charge in [-0.2, -0.15) is 0 Å². The molecule has 3 rings (SSSR count). The molecule has 1 aliphatic carbocycles. The van der Waals surface area contributed by atoms with Crippen molar-refractivity contribution in [1.29, 1.82) is 0 Å². The highest BCUT2D eigenvalue weighted by atomic mass is 32.1. The summed E-state index contributed by atoms with van der Waals surface area (Å²) in [5.41, 5.74) is 1.16. The van der Waals surface area contributed by atoms with Gasteiger partial charge in [0.05, 0.1) is 5.69 Å². The maximum atomic E-state index is 4.54. The number of hydrogen-bond donors (Lipinski definition) is 1. The number of nitrogens with one attached hydrogen (secondary N) is 1. The van der Waals surface area contributed by atoms with Crippen molar-refractivity contribution in [3.05, 3.63) is 23.5 Å². The fourth-order valence-corrected chi connectivity index (χ4v) is 2.76. The van der Waals surface area contributed by atoms with Crippen molar-refractivity contribution in [3.8, 4) is 0 Å². The summed E-state index contributed by atoms with van der Waals surface area (Å²) in [5.74, 6) is 0.911. The van der Waals surface area contributed by atoms with Crippen molar-refractivity contribution in [3.63, 3.8) is 0 Å². The highest BCUT2D eigenvalue weighted by molar-refractivity contribution is 7.15. The van der Waals surface area contributed by atoms with Gasteiger partial charge in [-0.15, -0.1) is 11.3 Å². The van der Waals surface area contributed by atoms with E-state index in [-0.39, 0.29) is 0 Å². The van der Waals surface area contributed by atoms with E-state index in [1.54, 1.807) is 11.3 Å². The highest BCUT2D eigenvalue weighted by Gasteiger charge is 2.34. The van der Waals surface area contributed by atoms with E-state index < -0.39 is 0 Å². The second-order valence-electron chi connectivity index (χ2n) is 4.22. The molecule has 1 aliphatic rings. The van der Waals surface area contributed by atoms with Crippen LogP contribution in [0.4, 0.5) is 0 Å². The lowest BCUT2D eigenvalue weighted by Crippen LogP contribution is -2.17. The quantitative estimate of drug-likeness (QED) is 0.858. The molecule has 80 valence electrons. The van der Waals surface area contributed by atoms with Gasteiger partial charge in [0.2, 0.25) is 0 Å². The molecule has 2 heterocycles. The topological polar surface area (TPSA) is 29.3 Å². The number of fused-ring (bicyclic) bond motifs is 1. The molecule has 2 unspecified atom stereocenters. The van der Waals surface area contributed by atoms with E-state index in [1.165, 1.54) is 12.8 Å². The molecule has 0 aromatic carbocycles. The number of nitrogens with zero attached hydrogens (tertiary/aromatic N) is 2. The second kappa shape index (κ2) is 3.61. The Bertz CT molecular complexity index is 431.